The first-order valence-electron chi connectivity index (χ1n) is 4.31. The van der Waals surface area contributed by atoms with Gasteiger partial charge in [0.1, 0.15) is 0 Å². The zero-order valence-electron chi connectivity index (χ0n) is 7.97. The van der Waals surface area contributed by atoms with E-state index >= 15 is 0 Å². The van der Waals surface area contributed by atoms with Gasteiger partial charge in [0.25, 0.3) is 0 Å². The predicted octanol–water partition coefficient (Wildman–Crippen LogP) is 1.39. The van der Waals surface area contributed by atoms with Crippen LogP contribution in [0.4, 0.5) is 0 Å². The second-order valence-corrected chi connectivity index (χ2v) is 3.15. The summed E-state index contributed by atoms with van der Waals surface area (Å²) in [5.41, 5.74) is 0.660. The maximum atomic E-state index is 11.2. The lowest BCUT2D eigenvalue weighted by Gasteiger charge is -1.98. The van der Waals surface area contributed by atoms with Gasteiger partial charge in [0.05, 0.1) is 17.3 Å². The van der Waals surface area contributed by atoms with Gasteiger partial charge in [0, 0.05) is 12.3 Å². The topological polar surface area (TPSA) is 72.2 Å². The van der Waals surface area contributed by atoms with Gasteiger partial charge in [-0.2, -0.15) is 5.10 Å². The minimum absolute atomic E-state index is 0.144. The van der Waals surface area contributed by atoms with E-state index in [0.29, 0.717) is 5.52 Å². The van der Waals surface area contributed by atoms with Gasteiger partial charge in [0.2, 0.25) is 5.91 Å². The zero-order valence-corrected chi connectivity index (χ0v) is 7.97. The summed E-state index contributed by atoms with van der Waals surface area (Å²) in [5, 5.41) is 13.4. The fraction of sp³-hybridized carbons (Fsp3) is 0.100. The third-order valence-electron chi connectivity index (χ3n) is 2.12. The molecule has 2 aromatic rings. The molecule has 1 heterocycles. The average molecular weight is 204 g/mol. The molecule has 0 aliphatic rings. The van der Waals surface area contributed by atoms with Gasteiger partial charge in [-0.25, -0.2) is 9.48 Å². The maximum absolute atomic E-state index is 11.2. The van der Waals surface area contributed by atoms with Crippen molar-refractivity contribution >= 4 is 22.8 Å². The number of carboxylic acid groups (broad SMARTS) is 1. The summed E-state index contributed by atoms with van der Waals surface area (Å²) < 4.78 is 1.18. The van der Waals surface area contributed by atoms with E-state index in [9.17, 15) is 9.59 Å². The first-order chi connectivity index (χ1) is 7.09. The largest absolute Gasteiger partial charge is 0.478 e. The van der Waals surface area contributed by atoms with Gasteiger partial charge in [-0.05, 0) is 12.1 Å². The van der Waals surface area contributed by atoms with Crippen molar-refractivity contribution in [3.8, 4) is 0 Å². The zero-order chi connectivity index (χ0) is 11.0. The Morgan fingerprint density at radius 3 is 2.73 bits per heavy atom. The Balaban J connectivity index is 2.72. The smallest absolute Gasteiger partial charge is 0.335 e. The number of aromatic carboxylic acids is 1. The Morgan fingerprint density at radius 1 is 1.40 bits per heavy atom. The van der Waals surface area contributed by atoms with E-state index < -0.39 is 5.97 Å². The number of hydrogen-bond donors (Lipinski definition) is 1. The number of rotatable bonds is 1. The average Bonchev–Trinajstić information content (AvgIpc) is 2.59. The van der Waals surface area contributed by atoms with Crippen molar-refractivity contribution in [3.05, 3.63) is 30.0 Å². The van der Waals surface area contributed by atoms with Crippen LogP contribution < -0.4 is 0 Å². The van der Waals surface area contributed by atoms with E-state index in [1.165, 1.54) is 29.9 Å². The molecule has 0 spiro atoms. The monoisotopic (exact) mass is 204 g/mol. The summed E-state index contributed by atoms with van der Waals surface area (Å²) in [6.07, 6.45) is 1.53. The van der Waals surface area contributed by atoms with Crippen LogP contribution in [0.2, 0.25) is 0 Å². The Labute approximate surface area is 84.9 Å². The summed E-state index contributed by atoms with van der Waals surface area (Å²) in [5.74, 6) is -1.26. The second-order valence-electron chi connectivity index (χ2n) is 3.15. The second kappa shape index (κ2) is 3.20. The van der Waals surface area contributed by atoms with Crippen molar-refractivity contribution in [1.29, 1.82) is 0 Å². The molecule has 1 N–H and O–H groups in total. The standard InChI is InChI=1S/C10H8N2O3/c1-6(13)12-9-4-7(10(14)15)2-3-8(9)5-11-12/h2-5H,1H3,(H,14,15). The highest BCUT2D eigenvalue weighted by Crippen LogP contribution is 2.15. The van der Waals surface area contributed by atoms with Gasteiger partial charge < -0.3 is 5.11 Å². The van der Waals surface area contributed by atoms with Crippen LogP contribution in [-0.2, 0) is 0 Å². The fourth-order valence-electron chi connectivity index (χ4n) is 1.40. The molecule has 0 saturated heterocycles. The summed E-state index contributed by atoms with van der Waals surface area (Å²) in [6.45, 7) is 1.37. The number of aromatic nitrogens is 2. The van der Waals surface area contributed by atoms with Gasteiger partial charge in [-0.3, -0.25) is 4.79 Å². The van der Waals surface area contributed by atoms with Crippen LogP contribution >= 0.6 is 0 Å². The van der Waals surface area contributed by atoms with E-state index in [4.69, 9.17) is 5.11 Å². The van der Waals surface area contributed by atoms with Crippen LogP contribution in [-0.4, -0.2) is 26.8 Å². The molecule has 5 heteroatoms. The molecule has 0 aliphatic heterocycles. The minimum atomic E-state index is -1.02. The molecule has 0 saturated carbocycles. The fourth-order valence-corrected chi connectivity index (χ4v) is 1.40. The highest BCUT2D eigenvalue weighted by molar-refractivity contribution is 5.96. The van der Waals surface area contributed by atoms with Crippen molar-refractivity contribution in [3.63, 3.8) is 0 Å². The highest BCUT2D eigenvalue weighted by atomic mass is 16.4. The number of fused-ring (bicyclic) bond motifs is 1. The van der Waals surface area contributed by atoms with Gasteiger partial charge in [0.15, 0.2) is 0 Å². The number of hydrogen-bond acceptors (Lipinski definition) is 3. The molecule has 15 heavy (non-hydrogen) atoms. The van der Waals surface area contributed by atoms with E-state index in [0.717, 1.165) is 5.39 Å². The predicted molar refractivity (Wildman–Crippen MR) is 53.0 cm³/mol. The van der Waals surface area contributed by atoms with Crippen molar-refractivity contribution in [1.82, 2.24) is 9.78 Å². The molecule has 0 unspecified atom stereocenters. The molecular weight excluding hydrogens is 196 g/mol. The summed E-state index contributed by atoms with van der Waals surface area (Å²) >= 11 is 0. The first-order valence-corrected chi connectivity index (χ1v) is 4.31. The van der Waals surface area contributed by atoms with Crippen LogP contribution in [0.25, 0.3) is 10.9 Å². The van der Waals surface area contributed by atoms with Crippen molar-refractivity contribution in [2.75, 3.05) is 0 Å². The normalized spacial score (nSPS) is 10.5. The van der Waals surface area contributed by atoms with Gasteiger partial charge in [-0.15, -0.1) is 0 Å². The quantitative estimate of drug-likeness (QED) is 0.761. The molecule has 0 aliphatic carbocycles. The molecule has 1 aromatic carbocycles. The Bertz CT molecular complexity index is 557. The van der Waals surface area contributed by atoms with E-state index in [1.54, 1.807) is 6.07 Å². The Kier molecular flexibility index (Phi) is 2.00. The minimum Gasteiger partial charge on any atom is -0.478 e. The summed E-state index contributed by atoms with van der Waals surface area (Å²) in [6, 6.07) is 4.55. The van der Waals surface area contributed by atoms with Crippen LogP contribution in [0.1, 0.15) is 22.1 Å². The summed E-state index contributed by atoms with van der Waals surface area (Å²) in [4.78, 5) is 21.9. The molecule has 76 valence electrons. The first kappa shape index (κ1) is 9.39. The maximum Gasteiger partial charge on any atom is 0.335 e. The Morgan fingerprint density at radius 2 is 2.13 bits per heavy atom. The number of benzene rings is 1. The van der Waals surface area contributed by atoms with E-state index in [-0.39, 0.29) is 11.5 Å². The van der Waals surface area contributed by atoms with Crippen LogP contribution in [0.5, 0.6) is 0 Å². The van der Waals surface area contributed by atoms with Gasteiger partial charge >= 0.3 is 5.97 Å². The summed E-state index contributed by atoms with van der Waals surface area (Å²) in [7, 11) is 0. The van der Waals surface area contributed by atoms with E-state index in [2.05, 4.69) is 5.10 Å². The lowest BCUT2D eigenvalue weighted by atomic mass is 10.2. The highest BCUT2D eigenvalue weighted by Gasteiger charge is 2.09. The van der Waals surface area contributed by atoms with Crippen LogP contribution in [0.3, 0.4) is 0 Å². The molecule has 5 nitrogen and oxygen atoms in total. The van der Waals surface area contributed by atoms with E-state index in [1.807, 2.05) is 0 Å². The third-order valence-corrected chi connectivity index (χ3v) is 2.12. The third kappa shape index (κ3) is 1.48. The number of carboxylic acids is 1. The van der Waals surface area contributed by atoms with Crippen molar-refractivity contribution in [2.24, 2.45) is 0 Å². The lowest BCUT2D eigenvalue weighted by molar-refractivity contribution is 0.0696. The number of nitrogens with zero attached hydrogens (tertiary/aromatic N) is 2. The molecule has 2 rings (SSSR count). The van der Waals surface area contributed by atoms with Crippen molar-refractivity contribution < 1.29 is 14.7 Å². The van der Waals surface area contributed by atoms with Crippen LogP contribution in [0.15, 0.2) is 24.4 Å². The number of carbonyl (C=O) groups is 2. The van der Waals surface area contributed by atoms with Crippen LogP contribution in [0, 0.1) is 0 Å². The Hall–Kier alpha value is -2.17. The molecule has 1 aromatic heterocycles. The lowest BCUT2D eigenvalue weighted by Crippen LogP contribution is -2.07. The SMILES string of the molecule is CC(=O)n1ncc2ccc(C(=O)O)cc21. The molecular formula is C10H8N2O3. The molecule has 0 amide bonds. The number of carbonyl (C=O) groups excluding carboxylic acids is 1. The van der Waals surface area contributed by atoms with Gasteiger partial charge in [-0.1, -0.05) is 6.07 Å². The van der Waals surface area contributed by atoms with Crippen molar-refractivity contribution in [2.45, 2.75) is 6.92 Å². The molecule has 0 fully saturated rings. The molecule has 0 atom stereocenters. The molecule has 0 bridgehead atoms. The molecule has 0 radical (unpaired) electrons.